The van der Waals surface area contributed by atoms with Crippen molar-refractivity contribution < 1.29 is 9.13 Å². The lowest BCUT2D eigenvalue weighted by Gasteiger charge is -2.41. The van der Waals surface area contributed by atoms with Crippen LogP contribution in [0, 0.1) is 5.95 Å². The van der Waals surface area contributed by atoms with Crippen LogP contribution in [0.3, 0.4) is 0 Å². The van der Waals surface area contributed by atoms with Gasteiger partial charge in [0.25, 0.3) is 0 Å². The van der Waals surface area contributed by atoms with E-state index in [0.29, 0.717) is 5.82 Å². The second-order valence-electron chi connectivity index (χ2n) is 5.52. The smallest absolute Gasteiger partial charge is 0.235 e. The van der Waals surface area contributed by atoms with Crippen LogP contribution in [0.4, 0.5) is 15.9 Å². The molecule has 1 aliphatic rings. The van der Waals surface area contributed by atoms with E-state index < -0.39 is 5.95 Å². The van der Waals surface area contributed by atoms with E-state index in [1.54, 1.807) is 13.2 Å². The van der Waals surface area contributed by atoms with Crippen LogP contribution in [0.25, 0.3) is 0 Å². The predicted octanol–water partition coefficient (Wildman–Crippen LogP) is 2.00. The van der Waals surface area contributed by atoms with E-state index in [1.807, 2.05) is 6.92 Å². The van der Waals surface area contributed by atoms with Crippen molar-refractivity contribution >= 4 is 23.1 Å². The first kappa shape index (κ1) is 16.3. The summed E-state index contributed by atoms with van der Waals surface area (Å²) in [5.41, 5.74) is 5.94. The Morgan fingerprint density at radius 1 is 1.57 bits per heavy atom. The van der Waals surface area contributed by atoms with Gasteiger partial charge in [-0.15, -0.1) is 0 Å². The van der Waals surface area contributed by atoms with Crippen LogP contribution in [0.1, 0.15) is 13.8 Å². The fourth-order valence-corrected chi connectivity index (χ4v) is 2.72. The summed E-state index contributed by atoms with van der Waals surface area (Å²) in [5.74, 6) is -0.171. The second kappa shape index (κ2) is 6.77. The molecule has 1 saturated heterocycles. The third-order valence-corrected chi connectivity index (χ3v) is 4.23. The first-order valence-electron chi connectivity index (χ1n) is 7.05. The molecular formula is C14H22ClFN4O. The largest absolute Gasteiger partial charge is 0.397 e. The molecule has 7 heteroatoms. The molecule has 5 nitrogen and oxygen atoms in total. The zero-order chi connectivity index (χ0) is 15.6. The maximum absolute atomic E-state index is 13.6. The van der Waals surface area contributed by atoms with Gasteiger partial charge in [-0.25, -0.2) is 4.98 Å². The molecule has 2 atom stereocenters. The number of anilines is 2. The molecule has 0 unspecified atom stereocenters. The Morgan fingerprint density at radius 3 is 2.86 bits per heavy atom. The van der Waals surface area contributed by atoms with Crippen molar-refractivity contribution in [3.8, 4) is 0 Å². The number of pyridine rings is 1. The van der Waals surface area contributed by atoms with Gasteiger partial charge in [0.2, 0.25) is 5.95 Å². The van der Waals surface area contributed by atoms with Crippen LogP contribution in [0.5, 0.6) is 0 Å². The topological polar surface area (TPSA) is 54.6 Å². The molecule has 1 fully saturated rings. The molecule has 0 radical (unpaired) electrons. The number of hydrogen-bond acceptors (Lipinski definition) is 5. The highest BCUT2D eigenvalue weighted by atomic mass is 35.5. The molecule has 0 amide bonds. The van der Waals surface area contributed by atoms with Crippen molar-refractivity contribution in [1.29, 1.82) is 0 Å². The van der Waals surface area contributed by atoms with E-state index in [0.717, 1.165) is 26.2 Å². The van der Waals surface area contributed by atoms with Crippen molar-refractivity contribution in [3.05, 3.63) is 17.0 Å². The van der Waals surface area contributed by atoms with Gasteiger partial charge in [-0.05, 0) is 13.8 Å². The number of ether oxygens (including phenoxy) is 1. The normalized spacial score (nSPS) is 21.6. The number of nitrogens with two attached hydrogens (primary N) is 1. The Balaban J connectivity index is 2.07. The van der Waals surface area contributed by atoms with E-state index in [4.69, 9.17) is 22.1 Å². The van der Waals surface area contributed by atoms with Crippen molar-refractivity contribution in [2.75, 3.05) is 43.9 Å². The van der Waals surface area contributed by atoms with E-state index in [9.17, 15) is 4.39 Å². The molecule has 0 saturated carbocycles. The van der Waals surface area contributed by atoms with Crippen LogP contribution < -0.4 is 10.6 Å². The van der Waals surface area contributed by atoms with E-state index in [2.05, 4.69) is 21.7 Å². The maximum Gasteiger partial charge on any atom is 0.235 e. The molecular weight excluding hydrogens is 295 g/mol. The third-order valence-electron chi connectivity index (χ3n) is 3.86. The average Bonchev–Trinajstić information content (AvgIpc) is 2.44. The summed E-state index contributed by atoms with van der Waals surface area (Å²) < 4.78 is 18.9. The zero-order valence-electron chi connectivity index (χ0n) is 12.6. The zero-order valence-corrected chi connectivity index (χ0v) is 13.4. The first-order valence-corrected chi connectivity index (χ1v) is 7.43. The Bertz CT molecular complexity index is 479. The van der Waals surface area contributed by atoms with Crippen molar-refractivity contribution in [3.63, 3.8) is 0 Å². The number of hydrogen-bond donors (Lipinski definition) is 1. The molecule has 1 aromatic rings. The molecule has 0 aromatic carbocycles. The number of halogens is 2. The first-order chi connectivity index (χ1) is 9.92. The molecule has 1 aliphatic heterocycles. The summed E-state index contributed by atoms with van der Waals surface area (Å²) in [7, 11) is 1.72. The lowest BCUT2D eigenvalue weighted by atomic mass is 10.1. The van der Waals surface area contributed by atoms with Gasteiger partial charge in [-0.2, -0.15) is 4.39 Å². The standard InChI is InChI=1S/C14H22ClFN4O/c1-9-7-19(8-10(2)21-3)4-5-20(9)12-6-11(17)13(15)14(16)18-12/h6,9-10H,4-5,7-8H2,1-3H3,(H2,17,18)/t9-,10-/m0/s1. The quantitative estimate of drug-likeness (QED) is 0.861. The van der Waals surface area contributed by atoms with Crippen LogP contribution in [-0.4, -0.2) is 55.3 Å². The van der Waals surface area contributed by atoms with E-state index >= 15 is 0 Å². The van der Waals surface area contributed by atoms with Gasteiger partial charge in [0.05, 0.1) is 11.8 Å². The average molecular weight is 317 g/mol. The number of nitrogens with zero attached hydrogens (tertiary/aromatic N) is 3. The second-order valence-corrected chi connectivity index (χ2v) is 5.90. The highest BCUT2D eigenvalue weighted by Crippen LogP contribution is 2.27. The summed E-state index contributed by atoms with van der Waals surface area (Å²) in [6.07, 6.45) is 0.200. The number of rotatable bonds is 4. The SMILES string of the molecule is CO[C@@H](C)CN1CCN(c2cc(N)c(Cl)c(F)n2)[C@@H](C)C1. The summed E-state index contributed by atoms with van der Waals surface area (Å²) in [4.78, 5) is 8.31. The van der Waals surface area contributed by atoms with Gasteiger partial charge in [0, 0.05) is 45.4 Å². The molecule has 2 rings (SSSR count). The van der Waals surface area contributed by atoms with E-state index in [1.165, 1.54) is 0 Å². The lowest BCUT2D eigenvalue weighted by molar-refractivity contribution is 0.0705. The highest BCUT2D eigenvalue weighted by molar-refractivity contribution is 6.33. The minimum absolute atomic E-state index is 0.112. The van der Waals surface area contributed by atoms with Gasteiger partial charge in [0.15, 0.2) is 0 Å². The van der Waals surface area contributed by atoms with Crippen molar-refractivity contribution in [2.24, 2.45) is 0 Å². The Morgan fingerprint density at radius 2 is 2.29 bits per heavy atom. The molecule has 21 heavy (non-hydrogen) atoms. The van der Waals surface area contributed by atoms with Crippen LogP contribution in [0.2, 0.25) is 5.02 Å². The molecule has 0 aliphatic carbocycles. The molecule has 0 spiro atoms. The van der Waals surface area contributed by atoms with Crippen LogP contribution in [-0.2, 0) is 4.74 Å². The van der Waals surface area contributed by atoms with Crippen LogP contribution in [0.15, 0.2) is 6.07 Å². The lowest BCUT2D eigenvalue weighted by Crippen LogP contribution is -2.53. The number of piperazine rings is 1. The Labute approximate surface area is 129 Å². The minimum atomic E-state index is -0.714. The van der Waals surface area contributed by atoms with Crippen molar-refractivity contribution in [2.45, 2.75) is 26.0 Å². The minimum Gasteiger partial charge on any atom is -0.397 e. The molecule has 2 heterocycles. The molecule has 2 N–H and O–H groups in total. The predicted molar refractivity (Wildman–Crippen MR) is 83.3 cm³/mol. The van der Waals surface area contributed by atoms with Gasteiger partial charge in [0.1, 0.15) is 10.8 Å². The van der Waals surface area contributed by atoms with Gasteiger partial charge < -0.3 is 15.4 Å². The number of nitrogen functional groups attached to an aromatic ring is 1. The highest BCUT2D eigenvalue weighted by Gasteiger charge is 2.26. The van der Waals surface area contributed by atoms with E-state index in [-0.39, 0.29) is 22.9 Å². The van der Waals surface area contributed by atoms with Gasteiger partial charge in [-0.3, -0.25) is 4.90 Å². The summed E-state index contributed by atoms with van der Waals surface area (Å²) in [5, 5.41) is -0.112. The fraction of sp³-hybridized carbons (Fsp3) is 0.643. The van der Waals surface area contributed by atoms with Crippen LogP contribution >= 0.6 is 11.6 Å². The Hall–Kier alpha value is -1.11. The Kier molecular flexibility index (Phi) is 5.24. The molecule has 0 bridgehead atoms. The number of methoxy groups -OCH3 is 1. The summed E-state index contributed by atoms with van der Waals surface area (Å²) in [6.45, 7) is 7.55. The third kappa shape index (κ3) is 3.75. The maximum atomic E-state index is 13.6. The summed E-state index contributed by atoms with van der Waals surface area (Å²) in [6, 6.07) is 1.85. The monoisotopic (exact) mass is 316 g/mol. The molecule has 1 aromatic heterocycles. The fourth-order valence-electron chi connectivity index (χ4n) is 2.63. The van der Waals surface area contributed by atoms with Gasteiger partial charge >= 0.3 is 0 Å². The molecule has 118 valence electrons. The van der Waals surface area contributed by atoms with Crippen molar-refractivity contribution in [1.82, 2.24) is 9.88 Å². The number of aromatic nitrogens is 1. The summed E-state index contributed by atoms with van der Waals surface area (Å²) >= 11 is 5.72. The van der Waals surface area contributed by atoms with Gasteiger partial charge in [-0.1, -0.05) is 11.6 Å².